The Bertz CT molecular complexity index is 985. The largest absolute Gasteiger partial charge is 0.491 e. The minimum atomic E-state index is -0.453. The Labute approximate surface area is 195 Å². The highest BCUT2D eigenvalue weighted by Crippen LogP contribution is 2.38. The third kappa shape index (κ3) is 5.29. The summed E-state index contributed by atoms with van der Waals surface area (Å²) in [4.78, 5) is 32.5. The van der Waals surface area contributed by atoms with Crippen molar-refractivity contribution in [1.29, 1.82) is 0 Å². The lowest BCUT2D eigenvalue weighted by atomic mass is 9.73. The van der Waals surface area contributed by atoms with Crippen molar-refractivity contribution in [3.8, 4) is 11.6 Å². The normalized spacial score (nSPS) is 21.1. The van der Waals surface area contributed by atoms with E-state index >= 15 is 0 Å². The van der Waals surface area contributed by atoms with Gasteiger partial charge in [0.15, 0.2) is 0 Å². The number of aromatic nitrogens is 1. The fourth-order valence-electron chi connectivity index (χ4n) is 4.80. The Morgan fingerprint density at radius 3 is 2.70 bits per heavy atom. The lowest BCUT2D eigenvalue weighted by molar-refractivity contribution is -0.135. The zero-order valence-corrected chi connectivity index (χ0v) is 19.5. The molecular formula is C26H33N3O4. The molecule has 2 aromatic rings. The van der Waals surface area contributed by atoms with Gasteiger partial charge in [0.2, 0.25) is 11.8 Å². The van der Waals surface area contributed by atoms with Crippen LogP contribution in [0.5, 0.6) is 11.6 Å². The number of pyridine rings is 1. The first-order valence-electron chi connectivity index (χ1n) is 11.8. The van der Waals surface area contributed by atoms with Crippen molar-refractivity contribution in [2.24, 2.45) is 5.41 Å². The fraction of sp³-hybridized carbons (Fsp3) is 0.500. The molecule has 33 heavy (non-hydrogen) atoms. The maximum atomic E-state index is 13.4. The lowest BCUT2D eigenvalue weighted by Gasteiger charge is -2.41. The second-order valence-electron chi connectivity index (χ2n) is 9.14. The number of benzene rings is 1. The highest BCUT2D eigenvalue weighted by molar-refractivity contribution is 5.93. The summed E-state index contributed by atoms with van der Waals surface area (Å²) in [7, 11) is 1.54. The van der Waals surface area contributed by atoms with E-state index < -0.39 is 5.41 Å². The molecule has 2 aliphatic rings. The quantitative estimate of drug-likeness (QED) is 0.754. The molecule has 2 aliphatic heterocycles. The van der Waals surface area contributed by atoms with Gasteiger partial charge in [0.1, 0.15) is 18.1 Å². The molecule has 1 saturated heterocycles. The van der Waals surface area contributed by atoms with Gasteiger partial charge in [-0.25, -0.2) is 4.98 Å². The van der Waals surface area contributed by atoms with Crippen LogP contribution in [0.15, 0.2) is 42.5 Å². The second kappa shape index (κ2) is 10.2. The van der Waals surface area contributed by atoms with Gasteiger partial charge in [0.25, 0.3) is 5.91 Å². The van der Waals surface area contributed by atoms with E-state index in [2.05, 4.69) is 16.4 Å². The van der Waals surface area contributed by atoms with Crippen LogP contribution in [0.2, 0.25) is 0 Å². The van der Waals surface area contributed by atoms with Crippen molar-refractivity contribution >= 4 is 11.8 Å². The van der Waals surface area contributed by atoms with Crippen molar-refractivity contribution < 1.29 is 19.1 Å². The molecule has 0 saturated carbocycles. The molecule has 2 amide bonds. The van der Waals surface area contributed by atoms with Gasteiger partial charge < -0.3 is 19.7 Å². The van der Waals surface area contributed by atoms with Gasteiger partial charge >= 0.3 is 0 Å². The van der Waals surface area contributed by atoms with Crippen LogP contribution >= 0.6 is 0 Å². The van der Waals surface area contributed by atoms with E-state index in [1.807, 2.05) is 25.1 Å². The van der Waals surface area contributed by atoms with Gasteiger partial charge in [-0.3, -0.25) is 9.59 Å². The summed E-state index contributed by atoms with van der Waals surface area (Å²) in [6.07, 6.45) is 5.03. The lowest BCUT2D eigenvalue weighted by Crippen LogP contribution is -2.52. The average molecular weight is 452 g/mol. The van der Waals surface area contributed by atoms with Gasteiger partial charge in [-0.1, -0.05) is 30.7 Å². The number of carbonyl (C=O) groups is 2. The second-order valence-corrected chi connectivity index (χ2v) is 9.14. The van der Waals surface area contributed by atoms with E-state index in [0.717, 1.165) is 31.4 Å². The predicted molar refractivity (Wildman–Crippen MR) is 125 cm³/mol. The first-order valence-corrected chi connectivity index (χ1v) is 11.8. The standard InChI is InChI=1S/C26H33N3O4/c1-19-18-33-22-11-4-3-8-20(22)9-5-6-13-26(25(31)27-19)14-16-29(17-15-26)24(30)21-10-7-12-23(28-21)32-2/h3-4,7-8,10-12,19H,5-6,9,13-18H2,1-2H3,(H,27,31)/t19-/m1/s1. The molecular weight excluding hydrogens is 418 g/mol. The first-order chi connectivity index (χ1) is 16.0. The number of ether oxygens (including phenoxy) is 2. The van der Waals surface area contributed by atoms with E-state index in [0.29, 0.717) is 44.1 Å². The molecule has 0 aliphatic carbocycles. The third-order valence-electron chi connectivity index (χ3n) is 6.83. The monoisotopic (exact) mass is 451 g/mol. The van der Waals surface area contributed by atoms with Crippen molar-refractivity contribution in [2.75, 3.05) is 26.8 Å². The number of likely N-dealkylation sites (tertiary alicyclic amines) is 1. The average Bonchev–Trinajstić information content (AvgIpc) is 2.85. The number of para-hydroxylation sites is 1. The molecule has 4 rings (SSSR count). The van der Waals surface area contributed by atoms with Gasteiger partial charge in [-0.15, -0.1) is 0 Å². The summed E-state index contributed by atoms with van der Waals surface area (Å²) >= 11 is 0. The highest BCUT2D eigenvalue weighted by atomic mass is 16.5. The van der Waals surface area contributed by atoms with Crippen LogP contribution in [0, 0.1) is 5.41 Å². The molecule has 0 radical (unpaired) electrons. The molecule has 1 atom stereocenters. The number of rotatable bonds is 2. The summed E-state index contributed by atoms with van der Waals surface area (Å²) in [5.74, 6) is 1.30. The molecule has 176 valence electrons. The molecule has 0 unspecified atom stereocenters. The van der Waals surface area contributed by atoms with Crippen molar-refractivity contribution in [3.63, 3.8) is 0 Å². The van der Waals surface area contributed by atoms with Gasteiger partial charge in [0, 0.05) is 19.2 Å². The van der Waals surface area contributed by atoms with Crippen LogP contribution in [0.1, 0.15) is 55.1 Å². The Balaban J connectivity index is 1.45. The topological polar surface area (TPSA) is 80.8 Å². The van der Waals surface area contributed by atoms with Crippen molar-refractivity contribution in [2.45, 2.75) is 51.5 Å². The predicted octanol–water partition coefficient (Wildman–Crippen LogP) is 3.62. The van der Waals surface area contributed by atoms with E-state index in [1.54, 1.807) is 23.1 Å². The van der Waals surface area contributed by atoms with E-state index in [-0.39, 0.29) is 17.9 Å². The Kier molecular flexibility index (Phi) is 7.16. The Hall–Kier alpha value is -3.09. The van der Waals surface area contributed by atoms with Crippen LogP contribution in [-0.2, 0) is 11.2 Å². The molecule has 1 fully saturated rings. The van der Waals surface area contributed by atoms with Crippen molar-refractivity contribution in [3.05, 3.63) is 53.7 Å². The molecule has 1 aromatic heterocycles. The zero-order chi connectivity index (χ0) is 23.3. The molecule has 0 bridgehead atoms. The Morgan fingerprint density at radius 2 is 1.91 bits per heavy atom. The van der Waals surface area contributed by atoms with E-state index in [9.17, 15) is 9.59 Å². The maximum absolute atomic E-state index is 13.4. The van der Waals surface area contributed by atoms with Crippen LogP contribution in [0.4, 0.5) is 0 Å². The SMILES string of the molecule is COc1cccc(C(=O)N2CCC3(CCCCc4ccccc4OC[C@@H](C)NC3=O)CC2)n1. The summed E-state index contributed by atoms with van der Waals surface area (Å²) < 4.78 is 11.2. The first kappa shape index (κ1) is 23.1. The van der Waals surface area contributed by atoms with Crippen molar-refractivity contribution in [1.82, 2.24) is 15.2 Å². The number of nitrogens with one attached hydrogen (secondary N) is 1. The minimum absolute atomic E-state index is 0.0825. The Morgan fingerprint density at radius 1 is 1.12 bits per heavy atom. The number of hydrogen-bond donors (Lipinski definition) is 1. The highest BCUT2D eigenvalue weighted by Gasteiger charge is 2.42. The van der Waals surface area contributed by atoms with Gasteiger partial charge in [-0.2, -0.15) is 0 Å². The summed E-state index contributed by atoms with van der Waals surface area (Å²) in [6, 6.07) is 13.3. The number of hydrogen-bond acceptors (Lipinski definition) is 5. The van der Waals surface area contributed by atoms with Crippen LogP contribution < -0.4 is 14.8 Å². The van der Waals surface area contributed by atoms with Crippen LogP contribution in [0.25, 0.3) is 0 Å². The number of aryl methyl sites for hydroxylation is 1. The molecule has 7 heteroatoms. The number of amides is 2. The van der Waals surface area contributed by atoms with Crippen LogP contribution in [0.3, 0.4) is 0 Å². The summed E-state index contributed by atoms with van der Waals surface area (Å²) in [5.41, 5.74) is 1.14. The van der Waals surface area contributed by atoms with E-state index in [1.165, 1.54) is 12.7 Å². The molecule has 7 nitrogen and oxygen atoms in total. The number of methoxy groups -OCH3 is 1. The van der Waals surface area contributed by atoms with E-state index in [4.69, 9.17) is 9.47 Å². The van der Waals surface area contributed by atoms with Crippen LogP contribution in [-0.4, -0.2) is 54.5 Å². The number of nitrogens with zero attached hydrogens (tertiary/aromatic N) is 2. The third-order valence-corrected chi connectivity index (χ3v) is 6.83. The molecule has 1 N–H and O–H groups in total. The number of piperidine rings is 1. The smallest absolute Gasteiger partial charge is 0.272 e. The van der Waals surface area contributed by atoms with Gasteiger partial charge in [-0.05, 0) is 56.7 Å². The minimum Gasteiger partial charge on any atom is -0.491 e. The fourth-order valence-corrected chi connectivity index (χ4v) is 4.80. The summed E-state index contributed by atoms with van der Waals surface area (Å²) in [6.45, 7) is 3.50. The maximum Gasteiger partial charge on any atom is 0.272 e. The molecule has 1 aromatic carbocycles. The number of carbonyl (C=O) groups excluding carboxylic acids is 2. The zero-order valence-electron chi connectivity index (χ0n) is 19.5. The number of fused-ring (bicyclic) bond motifs is 1. The molecule has 1 spiro atoms. The molecule has 3 heterocycles. The van der Waals surface area contributed by atoms with Gasteiger partial charge in [0.05, 0.1) is 18.6 Å². The summed E-state index contributed by atoms with van der Waals surface area (Å²) in [5, 5.41) is 3.18.